The topological polar surface area (TPSA) is 119 Å². The summed E-state index contributed by atoms with van der Waals surface area (Å²) in [5.41, 5.74) is 2.66. The van der Waals surface area contributed by atoms with Crippen LogP contribution >= 0.6 is 0 Å². The predicted octanol–water partition coefficient (Wildman–Crippen LogP) is 1.94. The van der Waals surface area contributed by atoms with Crippen molar-refractivity contribution in [3.63, 3.8) is 0 Å². The first kappa shape index (κ1) is 18.5. The van der Waals surface area contributed by atoms with E-state index in [-0.39, 0.29) is 12.4 Å². The minimum absolute atomic E-state index is 0.0558. The van der Waals surface area contributed by atoms with Crippen LogP contribution in [0.2, 0.25) is 0 Å². The van der Waals surface area contributed by atoms with Gasteiger partial charge in [-0.3, -0.25) is 9.97 Å². The minimum Gasteiger partial charge on any atom is -0.484 e. The Labute approximate surface area is 164 Å². The Morgan fingerprint density at radius 3 is 2.79 bits per heavy atom. The van der Waals surface area contributed by atoms with Crippen molar-refractivity contribution in [2.45, 2.75) is 13.0 Å². The van der Waals surface area contributed by atoms with Gasteiger partial charge in [0.2, 0.25) is 0 Å². The SMILES string of the molecule is O=C(O)N1CC=C(c2cnc(COc3ccc(-n4cnnn4)cc3F)cn2)CC1. The molecule has 148 valence electrons. The maximum absolute atomic E-state index is 14.2. The zero-order chi connectivity index (χ0) is 20.2. The van der Waals surface area contributed by atoms with Crippen molar-refractivity contribution in [1.82, 2.24) is 35.1 Å². The molecule has 3 aromatic rings. The van der Waals surface area contributed by atoms with E-state index >= 15 is 0 Å². The molecule has 0 saturated heterocycles. The molecule has 0 radical (unpaired) electrons. The highest BCUT2D eigenvalue weighted by Gasteiger charge is 2.17. The number of amides is 1. The van der Waals surface area contributed by atoms with E-state index < -0.39 is 11.9 Å². The number of hydrogen-bond donors (Lipinski definition) is 1. The normalized spacial score (nSPS) is 13.8. The summed E-state index contributed by atoms with van der Waals surface area (Å²) >= 11 is 0. The molecule has 1 aromatic carbocycles. The number of carboxylic acid groups (broad SMARTS) is 1. The maximum atomic E-state index is 14.2. The van der Waals surface area contributed by atoms with Crippen LogP contribution in [0, 0.1) is 5.82 Å². The lowest BCUT2D eigenvalue weighted by Gasteiger charge is -2.23. The van der Waals surface area contributed by atoms with E-state index in [0.29, 0.717) is 36.6 Å². The third kappa shape index (κ3) is 4.18. The molecular formula is C18H16FN7O3. The average Bonchev–Trinajstić information content (AvgIpc) is 3.28. The van der Waals surface area contributed by atoms with E-state index in [1.54, 1.807) is 18.5 Å². The maximum Gasteiger partial charge on any atom is 0.407 e. The largest absolute Gasteiger partial charge is 0.484 e. The molecule has 29 heavy (non-hydrogen) atoms. The summed E-state index contributed by atoms with van der Waals surface area (Å²) in [4.78, 5) is 20.9. The molecule has 2 aromatic heterocycles. The van der Waals surface area contributed by atoms with Gasteiger partial charge in [0.1, 0.15) is 12.9 Å². The van der Waals surface area contributed by atoms with Crippen molar-refractivity contribution in [3.05, 3.63) is 60.2 Å². The quantitative estimate of drug-likeness (QED) is 0.694. The van der Waals surface area contributed by atoms with Crippen molar-refractivity contribution in [3.8, 4) is 11.4 Å². The second kappa shape index (κ2) is 8.00. The van der Waals surface area contributed by atoms with E-state index in [1.165, 1.54) is 28.0 Å². The standard InChI is InChI=1S/C18H16FN7O3/c19-15-7-14(26-11-22-23-24-26)1-2-17(15)29-10-13-8-21-16(9-20-13)12-3-5-25(6-4-12)18(27)28/h1-3,7-9,11H,4-6,10H2,(H,27,28). The Kier molecular flexibility index (Phi) is 5.10. The first-order valence-electron chi connectivity index (χ1n) is 8.74. The van der Waals surface area contributed by atoms with E-state index in [1.807, 2.05) is 6.08 Å². The number of halogens is 1. The van der Waals surface area contributed by atoms with Crippen LogP contribution in [0.25, 0.3) is 11.3 Å². The Balaban J connectivity index is 1.38. The summed E-state index contributed by atoms with van der Waals surface area (Å²) in [6.45, 7) is 0.811. The number of carbonyl (C=O) groups is 1. The zero-order valence-corrected chi connectivity index (χ0v) is 15.1. The summed E-state index contributed by atoms with van der Waals surface area (Å²) < 4.78 is 21.1. The lowest BCUT2D eigenvalue weighted by atomic mass is 10.1. The van der Waals surface area contributed by atoms with Gasteiger partial charge in [0.05, 0.1) is 29.5 Å². The molecule has 0 unspecified atom stereocenters. The van der Waals surface area contributed by atoms with E-state index in [2.05, 4.69) is 25.5 Å². The first-order chi connectivity index (χ1) is 14.1. The molecule has 0 saturated carbocycles. The van der Waals surface area contributed by atoms with Crippen LogP contribution in [0.5, 0.6) is 5.75 Å². The van der Waals surface area contributed by atoms with Gasteiger partial charge in [0.25, 0.3) is 0 Å². The number of tetrazole rings is 1. The van der Waals surface area contributed by atoms with E-state index in [4.69, 9.17) is 9.84 Å². The summed E-state index contributed by atoms with van der Waals surface area (Å²) in [5, 5.41) is 19.7. The summed E-state index contributed by atoms with van der Waals surface area (Å²) in [6, 6.07) is 4.41. The van der Waals surface area contributed by atoms with Gasteiger partial charge in [-0.25, -0.2) is 13.9 Å². The molecule has 1 amide bonds. The third-order valence-corrected chi connectivity index (χ3v) is 4.42. The van der Waals surface area contributed by atoms with Gasteiger partial charge < -0.3 is 14.7 Å². The molecule has 0 bridgehead atoms. The molecular weight excluding hydrogens is 381 g/mol. The van der Waals surface area contributed by atoms with Gasteiger partial charge in [-0.2, -0.15) is 0 Å². The molecule has 1 N–H and O–H groups in total. The van der Waals surface area contributed by atoms with Gasteiger partial charge in [-0.1, -0.05) is 6.08 Å². The Morgan fingerprint density at radius 1 is 1.28 bits per heavy atom. The van der Waals surface area contributed by atoms with Gasteiger partial charge in [-0.15, -0.1) is 5.10 Å². The number of hydrogen-bond acceptors (Lipinski definition) is 7. The highest BCUT2D eigenvalue weighted by Crippen LogP contribution is 2.22. The lowest BCUT2D eigenvalue weighted by molar-refractivity contribution is 0.150. The molecule has 0 fully saturated rings. The number of nitrogens with zero attached hydrogens (tertiary/aromatic N) is 7. The number of rotatable bonds is 5. The Hall–Kier alpha value is -3.89. The molecule has 10 nitrogen and oxygen atoms in total. The van der Waals surface area contributed by atoms with Crippen molar-refractivity contribution >= 4 is 11.7 Å². The second-order valence-electron chi connectivity index (χ2n) is 6.26. The van der Waals surface area contributed by atoms with Crippen molar-refractivity contribution in [2.75, 3.05) is 13.1 Å². The Bertz CT molecular complexity index is 1040. The molecule has 0 atom stereocenters. The summed E-state index contributed by atoms with van der Waals surface area (Å²) in [7, 11) is 0. The van der Waals surface area contributed by atoms with Gasteiger partial charge >= 0.3 is 6.09 Å². The molecule has 4 rings (SSSR count). The number of aromatic nitrogens is 6. The van der Waals surface area contributed by atoms with Crippen LogP contribution in [0.1, 0.15) is 17.8 Å². The average molecular weight is 397 g/mol. The van der Waals surface area contributed by atoms with Crippen LogP contribution in [0.3, 0.4) is 0 Å². The molecule has 3 heterocycles. The van der Waals surface area contributed by atoms with Crippen LogP contribution < -0.4 is 4.74 Å². The van der Waals surface area contributed by atoms with Crippen LogP contribution in [0.4, 0.5) is 9.18 Å². The van der Waals surface area contributed by atoms with Gasteiger partial charge in [0, 0.05) is 19.2 Å². The molecule has 0 spiro atoms. The minimum atomic E-state index is -0.933. The van der Waals surface area contributed by atoms with Crippen LogP contribution in [-0.2, 0) is 6.61 Å². The Morgan fingerprint density at radius 2 is 2.17 bits per heavy atom. The summed E-state index contributed by atoms with van der Waals surface area (Å²) in [5.74, 6) is -0.464. The lowest BCUT2D eigenvalue weighted by Crippen LogP contribution is -2.33. The molecule has 11 heteroatoms. The third-order valence-electron chi connectivity index (χ3n) is 4.42. The monoisotopic (exact) mass is 397 g/mol. The van der Waals surface area contributed by atoms with Gasteiger partial charge in [0.15, 0.2) is 11.6 Å². The smallest absolute Gasteiger partial charge is 0.407 e. The van der Waals surface area contributed by atoms with Crippen LogP contribution in [-0.4, -0.2) is 59.4 Å². The highest BCUT2D eigenvalue weighted by atomic mass is 19.1. The summed E-state index contributed by atoms with van der Waals surface area (Å²) in [6.07, 6.45) is 6.02. The van der Waals surface area contributed by atoms with Gasteiger partial charge in [-0.05, 0) is 34.6 Å². The fraction of sp³-hybridized carbons (Fsp3) is 0.222. The fourth-order valence-corrected chi connectivity index (χ4v) is 2.85. The number of benzene rings is 1. The van der Waals surface area contributed by atoms with Crippen LogP contribution in [0.15, 0.2) is 43.0 Å². The zero-order valence-electron chi connectivity index (χ0n) is 15.1. The second-order valence-corrected chi connectivity index (χ2v) is 6.26. The van der Waals surface area contributed by atoms with Crippen molar-refractivity contribution in [1.29, 1.82) is 0 Å². The molecule has 0 aliphatic carbocycles. The molecule has 1 aliphatic rings. The first-order valence-corrected chi connectivity index (χ1v) is 8.74. The van der Waals surface area contributed by atoms with E-state index in [9.17, 15) is 9.18 Å². The molecule has 1 aliphatic heterocycles. The number of ether oxygens (including phenoxy) is 1. The highest BCUT2D eigenvalue weighted by molar-refractivity contribution is 5.69. The van der Waals surface area contributed by atoms with Crippen molar-refractivity contribution in [2.24, 2.45) is 0 Å². The fourth-order valence-electron chi connectivity index (χ4n) is 2.85. The predicted molar refractivity (Wildman–Crippen MR) is 97.7 cm³/mol. The van der Waals surface area contributed by atoms with E-state index in [0.717, 1.165) is 5.57 Å². The van der Waals surface area contributed by atoms with Crippen molar-refractivity contribution < 1.29 is 19.0 Å².